The normalized spacial score (nSPS) is 11.0. The highest BCUT2D eigenvalue weighted by atomic mass is 16.3. The minimum atomic E-state index is -0.569. The average Bonchev–Trinajstić information content (AvgIpc) is 2.90. The molecule has 26 heavy (non-hydrogen) atoms. The monoisotopic (exact) mass is 348 g/mol. The van der Waals surface area contributed by atoms with Crippen LogP contribution in [-0.4, -0.2) is 21.1 Å². The van der Waals surface area contributed by atoms with E-state index in [4.69, 9.17) is 0 Å². The number of anilines is 1. The molecule has 0 saturated carbocycles. The highest BCUT2D eigenvalue weighted by molar-refractivity contribution is 6.08. The van der Waals surface area contributed by atoms with E-state index in [2.05, 4.69) is 10.3 Å². The van der Waals surface area contributed by atoms with E-state index >= 15 is 0 Å². The van der Waals surface area contributed by atoms with Crippen molar-refractivity contribution < 1.29 is 15.0 Å². The van der Waals surface area contributed by atoms with Gasteiger partial charge >= 0.3 is 0 Å². The Morgan fingerprint density at radius 3 is 2.62 bits per heavy atom. The number of aromatic amines is 1. The topological polar surface area (TPSA) is 85.4 Å². The molecule has 0 unspecified atom stereocenters. The van der Waals surface area contributed by atoms with Crippen LogP contribution in [0.1, 0.15) is 27.2 Å². The van der Waals surface area contributed by atoms with Crippen LogP contribution in [-0.2, 0) is 6.42 Å². The molecule has 0 aliphatic carbocycles. The third-order valence-electron chi connectivity index (χ3n) is 3.96. The summed E-state index contributed by atoms with van der Waals surface area (Å²) in [5, 5.41) is 23.0. The molecule has 0 aliphatic heterocycles. The first-order chi connectivity index (χ1) is 12.5. The number of aryl methyl sites for hydroxylation is 1. The number of rotatable bonds is 5. The van der Waals surface area contributed by atoms with E-state index in [1.54, 1.807) is 6.07 Å². The van der Waals surface area contributed by atoms with Gasteiger partial charge in [0.15, 0.2) is 5.75 Å². The first-order valence-corrected chi connectivity index (χ1v) is 8.27. The molecule has 1 heterocycles. The van der Waals surface area contributed by atoms with Gasteiger partial charge in [0.05, 0.1) is 5.69 Å². The number of aromatic nitrogens is 1. The van der Waals surface area contributed by atoms with Crippen LogP contribution in [0.5, 0.6) is 11.6 Å². The summed E-state index contributed by atoms with van der Waals surface area (Å²) in [6, 6.07) is 17.0. The summed E-state index contributed by atoms with van der Waals surface area (Å²) in [6.07, 6.45) is 4.11. The van der Waals surface area contributed by atoms with Crippen LogP contribution in [0, 0.1) is 6.92 Å². The minimum absolute atomic E-state index is 0.158. The SMILES string of the molecule is Cc1cccc(NC(=O)c2c(O)[nH]c(CC=Cc3ccccc3)c2O)c1. The van der Waals surface area contributed by atoms with Gasteiger partial charge in [0.25, 0.3) is 5.91 Å². The van der Waals surface area contributed by atoms with Crippen LogP contribution in [0.25, 0.3) is 6.08 Å². The van der Waals surface area contributed by atoms with E-state index < -0.39 is 5.91 Å². The largest absolute Gasteiger partial charge is 0.505 e. The predicted molar refractivity (Wildman–Crippen MR) is 102 cm³/mol. The van der Waals surface area contributed by atoms with Crippen LogP contribution in [0.4, 0.5) is 5.69 Å². The highest BCUT2D eigenvalue weighted by Gasteiger charge is 2.22. The van der Waals surface area contributed by atoms with Crippen LogP contribution in [0.2, 0.25) is 0 Å². The average molecular weight is 348 g/mol. The van der Waals surface area contributed by atoms with E-state index in [1.165, 1.54) is 0 Å². The van der Waals surface area contributed by atoms with Crippen molar-refractivity contribution in [2.45, 2.75) is 13.3 Å². The van der Waals surface area contributed by atoms with Crippen molar-refractivity contribution in [2.75, 3.05) is 5.32 Å². The first-order valence-electron chi connectivity index (χ1n) is 8.27. The van der Waals surface area contributed by atoms with Gasteiger partial charge in [-0.3, -0.25) is 4.79 Å². The van der Waals surface area contributed by atoms with Gasteiger partial charge in [-0.1, -0.05) is 54.6 Å². The summed E-state index contributed by atoms with van der Waals surface area (Å²) in [7, 11) is 0. The van der Waals surface area contributed by atoms with E-state index in [-0.39, 0.29) is 17.2 Å². The molecule has 0 spiro atoms. The molecule has 3 aromatic rings. The van der Waals surface area contributed by atoms with Crippen molar-refractivity contribution in [1.82, 2.24) is 4.98 Å². The Morgan fingerprint density at radius 1 is 1.12 bits per heavy atom. The molecule has 3 rings (SSSR count). The summed E-state index contributed by atoms with van der Waals surface area (Å²) in [5.74, 6) is -1.17. The smallest absolute Gasteiger partial charge is 0.264 e. The first kappa shape index (κ1) is 17.4. The zero-order chi connectivity index (χ0) is 18.5. The summed E-state index contributed by atoms with van der Waals surface area (Å²) in [5.41, 5.74) is 2.84. The van der Waals surface area contributed by atoms with E-state index in [0.717, 1.165) is 11.1 Å². The molecule has 0 bridgehead atoms. The Morgan fingerprint density at radius 2 is 1.88 bits per heavy atom. The molecule has 0 radical (unpaired) electrons. The van der Waals surface area contributed by atoms with Gasteiger partial charge in [-0.05, 0) is 30.2 Å². The number of carbonyl (C=O) groups excluding carboxylic acids is 1. The second-order valence-electron chi connectivity index (χ2n) is 6.02. The van der Waals surface area contributed by atoms with E-state index in [9.17, 15) is 15.0 Å². The zero-order valence-electron chi connectivity index (χ0n) is 14.4. The number of nitrogens with one attached hydrogen (secondary N) is 2. The molecule has 4 N–H and O–H groups in total. The van der Waals surface area contributed by atoms with Gasteiger partial charge in [0.2, 0.25) is 5.88 Å². The molecule has 0 fully saturated rings. The van der Waals surface area contributed by atoms with Crippen molar-refractivity contribution in [3.05, 3.63) is 83.1 Å². The lowest BCUT2D eigenvalue weighted by Gasteiger charge is -2.05. The number of aromatic hydroxyl groups is 2. The number of H-pyrrole nitrogens is 1. The Balaban J connectivity index is 1.75. The van der Waals surface area contributed by atoms with Crippen LogP contribution in [0.15, 0.2) is 60.7 Å². The van der Waals surface area contributed by atoms with Crippen molar-refractivity contribution in [3.63, 3.8) is 0 Å². The molecule has 1 aromatic heterocycles. The molecule has 0 aliphatic rings. The molecule has 132 valence electrons. The second kappa shape index (κ2) is 7.61. The fourth-order valence-electron chi connectivity index (χ4n) is 2.68. The third-order valence-corrected chi connectivity index (χ3v) is 3.96. The Labute approximate surface area is 151 Å². The van der Waals surface area contributed by atoms with Gasteiger partial charge in [-0.15, -0.1) is 0 Å². The van der Waals surface area contributed by atoms with Crippen molar-refractivity contribution >= 4 is 17.7 Å². The Hall–Kier alpha value is -3.47. The fourth-order valence-corrected chi connectivity index (χ4v) is 2.68. The molecule has 5 nitrogen and oxygen atoms in total. The molecular weight excluding hydrogens is 328 g/mol. The molecule has 2 aromatic carbocycles. The summed E-state index contributed by atoms with van der Waals surface area (Å²) >= 11 is 0. The maximum Gasteiger partial charge on any atom is 0.264 e. The molecular formula is C21H20N2O3. The Bertz CT molecular complexity index is 943. The van der Waals surface area contributed by atoms with Gasteiger partial charge in [0.1, 0.15) is 5.56 Å². The fraction of sp³-hybridized carbons (Fsp3) is 0.0952. The number of hydrogen-bond donors (Lipinski definition) is 4. The number of hydrogen-bond acceptors (Lipinski definition) is 3. The lowest BCUT2D eigenvalue weighted by atomic mass is 10.1. The van der Waals surface area contributed by atoms with Crippen LogP contribution in [0.3, 0.4) is 0 Å². The number of carbonyl (C=O) groups is 1. The van der Waals surface area contributed by atoms with Crippen LogP contribution >= 0.6 is 0 Å². The highest BCUT2D eigenvalue weighted by Crippen LogP contribution is 2.32. The number of allylic oxidation sites excluding steroid dienone is 1. The summed E-state index contributed by atoms with van der Waals surface area (Å²) in [4.78, 5) is 15.1. The van der Waals surface area contributed by atoms with E-state index in [1.807, 2.05) is 67.6 Å². The van der Waals surface area contributed by atoms with Crippen LogP contribution < -0.4 is 5.32 Å². The van der Waals surface area contributed by atoms with Crippen molar-refractivity contribution in [3.8, 4) is 11.6 Å². The lowest BCUT2D eigenvalue weighted by Crippen LogP contribution is -2.11. The lowest BCUT2D eigenvalue weighted by molar-refractivity contribution is 0.102. The Kier molecular flexibility index (Phi) is 5.08. The van der Waals surface area contributed by atoms with Crippen molar-refractivity contribution in [1.29, 1.82) is 0 Å². The van der Waals surface area contributed by atoms with Gasteiger partial charge in [-0.2, -0.15) is 0 Å². The van der Waals surface area contributed by atoms with E-state index in [0.29, 0.717) is 17.8 Å². The number of amides is 1. The molecule has 0 saturated heterocycles. The number of benzene rings is 2. The summed E-state index contributed by atoms with van der Waals surface area (Å²) in [6.45, 7) is 1.91. The minimum Gasteiger partial charge on any atom is -0.505 e. The standard InChI is InChI=1S/C21H20N2O3/c1-14-7-5-11-16(13-14)22-20(25)18-19(24)17(23-21(18)26)12-6-10-15-8-3-2-4-9-15/h2-11,13,23-24,26H,12H2,1H3,(H,22,25). The molecule has 5 heteroatoms. The quantitative estimate of drug-likeness (QED) is 0.556. The summed E-state index contributed by atoms with van der Waals surface area (Å²) < 4.78 is 0. The maximum atomic E-state index is 12.4. The third kappa shape index (κ3) is 3.95. The molecule has 1 amide bonds. The van der Waals surface area contributed by atoms with Gasteiger partial charge < -0.3 is 20.5 Å². The van der Waals surface area contributed by atoms with Crippen molar-refractivity contribution in [2.24, 2.45) is 0 Å². The van der Waals surface area contributed by atoms with Gasteiger partial charge in [0, 0.05) is 12.1 Å². The maximum absolute atomic E-state index is 12.4. The predicted octanol–water partition coefficient (Wildman–Crippen LogP) is 4.24. The zero-order valence-corrected chi connectivity index (χ0v) is 14.4. The molecule has 0 atom stereocenters. The van der Waals surface area contributed by atoms with Gasteiger partial charge in [-0.25, -0.2) is 0 Å². The second-order valence-corrected chi connectivity index (χ2v) is 6.02.